The van der Waals surface area contributed by atoms with Crippen molar-refractivity contribution in [1.82, 2.24) is 0 Å². The Morgan fingerprint density at radius 2 is 2.07 bits per heavy atom. The van der Waals surface area contributed by atoms with Crippen molar-refractivity contribution in [2.75, 3.05) is 6.61 Å². The summed E-state index contributed by atoms with van der Waals surface area (Å²) in [5, 5.41) is 0.148. The van der Waals surface area contributed by atoms with Crippen LogP contribution in [0.5, 0.6) is 0 Å². The lowest BCUT2D eigenvalue weighted by Gasteiger charge is -2.41. The summed E-state index contributed by atoms with van der Waals surface area (Å²) in [6.45, 7) is 7.20. The van der Waals surface area contributed by atoms with Crippen LogP contribution >= 0.6 is 11.6 Å². The van der Waals surface area contributed by atoms with Gasteiger partial charge in [0.25, 0.3) is 0 Å². The van der Waals surface area contributed by atoms with Gasteiger partial charge in [-0.15, -0.1) is 11.6 Å². The molecule has 1 saturated carbocycles. The number of ether oxygens (including phenoxy) is 2. The Hall–Kier alpha value is 0.210. The van der Waals surface area contributed by atoms with E-state index >= 15 is 0 Å². The first-order chi connectivity index (χ1) is 7.19. The molecule has 0 saturated heterocycles. The Morgan fingerprint density at radius 1 is 1.33 bits per heavy atom. The monoisotopic (exact) mass is 234 g/mol. The fraction of sp³-hybridized carbons (Fsp3) is 1.00. The van der Waals surface area contributed by atoms with Gasteiger partial charge in [-0.1, -0.05) is 20.3 Å². The van der Waals surface area contributed by atoms with Crippen LogP contribution in [-0.2, 0) is 9.47 Å². The Morgan fingerprint density at radius 3 is 2.60 bits per heavy atom. The zero-order valence-corrected chi connectivity index (χ0v) is 10.8. The predicted molar refractivity (Wildman–Crippen MR) is 63.5 cm³/mol. The number of hydrogen-bond donors (Lipinski definition) is 0. The second-order valence-corrected chi connectivity index (χ2v) is 4.92. The largest absolute Gasteiger partial charge is 0.374 e. The third-order valence-corrected chi connectivity index (χ3v) is 3.22. The van der Waals surface area contributed by atoms with Crippen molar-refractivity contribution < 1.29 is 9.47 Å². The second-order valence-electron chi connectivity index (χ2n) is 4.36. The van der Waals surface area contributed by atoms with E-state index in [1.54, 1.807) is 0 Å². The van der Waals surface area contributed by atoms with Gasteiger partial charge >= 0.3 is 0 Å². The Labute approximate surface area is 98.3 Å². The molecule has 15 heavy (non-hydrogen) atoms. The zero-order valence-electron chi connectivity index (χ0n) is 10.0. The molecule has 4 atom stereocenters. The van der Waals surface area contributed by atoms with E-state index in [9.17, 15) is 0 Å². The van der Waals surface area contributed by atoms with E-state index in [0.717, 1.165) is 25.9 Å². The minimum Gasteiger partial charge on any atom is -0.374 e. The fourth-order valence-electron chi connectivity index (χ4n) is 1.90. The molecule has 0 bridgehead atoms. The van der Waals surface area contributed by atoms with Crippen molar-refractivity contribution in [3.8, 4) is 0 Å². The Balaban J connectivity index is 2.23. The fourth-order valence-corrected chi connectivity index (χ4v) is 2.31. The highest BCUT2D eigenvalue weighted by atomic mass is 35.5. The van der Waals surface area contributed by atoms with Gasteiger partial charge < -0.3 is 9.47 Å². The van der Waals surface area contributed by atoms with Gasteiger partial charge in [-0.25, -0.2) is 0 Å². The molecule has 1 rings (SSSR count). The first-order valence-corrected chi connectivity index (χ1v) is 6.53. The number of halogens is 1. The summed E-state index contributed by atoms with van der Waals surface area (Å²) in [7, 11) is 0. The van der Waals surface area contributed by atoms with Gasteiger partial charge in [0.05, 0.1) is 17.6 Å². The molecule has 0 spiro atoms. The van der Waals surface area contributed by atoms with Crippen LogP contribution in [0.1, 0.15) is 46.5 Å². The molecule has 1 aliphatic rings. The maximum Gasteiger partial charge on any atom is 0.100 e. The average molecular weight is 235 g/mol. The van der Waals surface area contributed by atoms with Crippen molar-refractivity contribution in [3.63, 3.8) is 0 Å². The Kier molecular flexibility index (Phi) is 5.95. The van der Waals surface area contributed by atoms with Gasteiger partial charge in [0.1, 0.15) is 6.10 Å². The lowest BCUT2D eigenvalue weighted by molar-refractivity contribution is -0.145. The first kappa shape index (κ1) is 13.3. The van der Waals surface area contributed by atoms with Gasteiger partial charge in [-0.2, -0.15) is 0 Å². The molecule has 0 radical (unpaired) electrons. The summed E-state index contributed by atoms with van der Waals surface area (Å²) in [4.78, 5) is 0. The van der Waals surface area contributed by atoms with Crippen LogP contribution in [0.4, 0.5) is 0 Å². The molecule has 0 aromatic heterocycles. The summed E-state index contributed by atoms with van der Waals surface area (Å²) in [5.74, 6) is 0. The van der Waals surface area contributed by atoms with Gasteiger partial charge in [0.15, 0.2) is 0 Å². The predicted octanol–water partition coefficient (Wildman–Crippen LogP) is 3.37. The smallest absolute Gasteiger partial charge is 0.100 e. The van der Waals surface area contributed by atoms with Crippen molar-refractivity contribution in [2.24, 2.45) is 0 Å². The minimum absolute atomic E-state index is 0.117. The lowest BCUT2D eigenvalue weighted by Crippen LogP contribution is -2.52. The summed E-state index contributed by atoms with van der Waals surface area (Å²) in [5.41, 5.74) is 0. The molecule has 0 aliphatic heterocycles. The second kappa shape index (κ2) is 6.72. The van der Waals surface area contributed by atoms with Gasteiger partial charge in [0, 0.05) is 6.61 Å². The van der Waals surface area contributed by atoms with Crippen LogP contribution in [0.15, 0.2) is 0 Å². The van der Waals surface area contributed by atoms with E-state index in [1.807, 2.05) is 0 Å². The van der Waals surface area contributed by atoms with E-state index < -0.39 is 0 Å². The normalized spacial score (nSPS) is 32.4. The topological polar surface area (TPSA) is 18.5 Å². The maximum absolute atomic E-state index is 6.10. The summed E-state index contributed by atoms with van der Waals surface area (Å²) in [6, 6.07) is 0. The molecule has 1 aliphatic carbocycles. The molecule has 0 N–H and O–H groups in total. The van der Waals surface area contributed by atoms with Crippen molar-refractivity contribution in [3.05, 3.63) is 0 Å². The standard InChI is InChI=1S/C12H23ClO2/c1-4-6-9(3)15-11-8-10(13)12(11)14-7-5-2/h9-12H,4-8H2,1-3H3. The molecule has 0 aromatic carbocycles. The molecule has 2 nitrogen and oxygen atoms in total. The summed E-state index contributed by atoms with van der Waals surface area (Å²) in [6.07, 6.45) is 4.92. The number of alkyl halides is 1. The molecular formula is C12H23ClO2. The molecule has 0 heterocycles. The zero-order chi connectivity index (χ0) is 11.3. The molecular weight excluding hydrogens is 212 g/mol. The van der Waals surface area contributed by atoms with Crippen molar-refractivity contribution in [2.45, 2.75) is 70.1 Å². The van der Waals surface area contributed by atoms with Gasteiger partial charge in [0.2, 0.25) is 0 Å². The third kappa shape index (κ3) is 3.93. The molecule has 4 unspecified atom stereocenters. The molecule has 0 aromatic rings. The third-order valence-electron chi connectivity index (χ3n) is 2.80. The van der Waals surface area contributed by atoms with Crippen molar-refractivity contribution in [1.29, 1.82) is 0 Å². The van der Waals surface area contributed by atoms with Crippen LogP contribution in [-0.4, -0.2) is 30.3 Å². The number of rotatable bonds is 7. The van der Waals surface area contributed by atoms with Crippen LogP contribution in [0, 0.1) is 0 Å². The summed E-state index contributed by atoms with van der Waals surface area (Å²) >= 11 is 6.10. The molecule has 3 heteroatoms. The van der Waals surface area contributed by atoms with E-state index in [0.29, 0.717) is 6.10 Å². The SMILES string of the molecule is CCCOC1C(Cl)CC1OC(C)CCC. The average Bonchev–Trinajstić information content (AvgIpc) is 2.18. The van der Waals surface area contributed by atoms with E-state index in [2.05, 4.69) is 20.8 Å². The highest BCUT2D eigenvalue weighted by Gasteiger charge is 2.42. The van der Waals surface area contributed by atoms with Crippen LogP contribution in [0.2, 0.25) is 0 Å². The maximum atomic E-state index is 6.10. The molecule has 1 fully saturated rings. The highest BCUT2D eigenvalue weighted by molar-refractivity contribution is 6.21. The number of hydrogen-bond acceptors (Lipinski definition) is 2. The minimum atomic E-state index is 0.117. The van der Waals surface area contributed by atoms with E-state index in [-0.39, 0.29) is 17.6 Å². The Bertz CT molecular complexity index is 175. The molecule has 90 valence electrons. The van der Waals surface area contributed by atoms with E-state index in [4.69, 9.17) is 21.1 Å². The van der Waals surface area contributed by atoms with Crippen LogP contribution in [0.25, 0.3) is 0 Å². The lowest BCUT2D eigenvalue weighted by atomic mass is 9.90. The van der Waals surface area contributed by atoms with Gasteiger partial charge in [-0.3, -0.25) is 0 Å². The highest BCUT2D eigenvalue weighted by Crippen LogP contribution is 2.33. The van der Waals surface area contributed by atoms with Crippen LogP contribution in [0.3, 0.4) is 0 Å². The van der Waals surface area contributed by atoms with E-state index in [1.165, 1.54) is 6.42 Å². The quantitative estimate of drug-likeness (QED) is 0.629. The first-order valence-electron chi connectivity index (χ1n) is 6.10. The van der Waals surface area contributed by atoms with Gasteiger partial charge in [-0.05, 0) is 26.2 Å². The molecule has 0 amide bonds. The summed E-state index contributed by atoms with van der Waals surface area (Å²) < 4.78 is 11.6. The van der Waals surface area contributed by atoms with Crippen molar-refractivity contribution >= 4 is 11.6 Å². The van der Waals surface area contributed by atoms with Crippen LogP contribution < -0.4 is 0 Å².